The number of carboxylic acids is 1. The number of rotatable bonds is 5. The van der Waals surface area contributed by atoms with Crippen molar-refractivity contribution in [3.63, 3.8) is 0 Å². The largest absolute Gasteiger partial charge is 0.481 e. The molecule has 0 saturated heterocycles. The Labute approximate surface area is 87.4 Å². The van der Waals surface area contributed by atoms with Crippen molar-refractivity contribution in [2.75, 3.05) is 11.9 Å². The Morgan fingerprint density at radius 2 is 2.40 bits per heavy atom. The highest BCUT2D eigenvalue weighted by Gasteiger charge is 1.98. The van der Waals surface area contributed by atoms with Gasteiger partial charge >= 0.3 is 5.97 Å². The summed E-state index contributed by atoms with van der Waals surface area (Å²) in [7, 11) is 0. The molecule has 5 heteroatoms. The van der Waals surface area contributed by atoms with Crippen molar-refractivity contribution >= 4 is 11.8 Å². The minimum atomic E-state index is -0.810. The highest BCUT2D eigenvalue weighted by molar-refractivity contribution is 5.66. The Bertz CT molecular complexity index is 384. The summed E-state index contributed by atoms with van der Waals surface area (Å²) in [4.78, 5) is 14.2. The standard InChI is InChI=1S/C10H11N3O2/c11-7-8-3-1-4-9(13-8)12-6-2-5-10(14)15/h1,3-4H,2,5-6H2,(H,12,13)(H,14,15). The molecule has 15 heavy (non-hydrogen) atoms. The van der Waals surface area contributed by atoms with Crippen LogP contribution in [0.4, 0.5) is 5.82 Å². The third-order valence-electron chi connectivity index (χ3n) is 1.74. The molecule has 5 nitrogen and oxygen atoms in total. The Balaban J connectivity index is 2.38. The maximum atomic E-state index is 10.2. The molecule has 0 atom stereocenters. The Hall–Kier alpha value is -2.09. The lowest BCUT2D eigenvalue weighted by Crippen LogP contribution is -2.06. The van der Waals surface area contributed by atoms with E-state index < -0.39 is 5.97 Å². The number of hydrogen-bond donors (Lipinski definition) is 2. The lowest BCUT2D eigenvalue weighted by atomic mass is 10.3. The van der Waals surface area contributed by atoms with E-state index in [4.69, 9.17) is 10.4 Å². The van der Waals surface area contributed by atoms with Crippen LogP contribution in [0.15, 0.2) is 18.2 Å². The normalized spacial score (nSPS) is 9.27. The maximum absolute atomic E-state index is 10.2. The van der Waals surface area contributed by atoms with Crippen molar-refractivity contribution in [1.29, 1.82) is 5.26 Å². The molecular formula is C10H11N3O2. The van der Waals surface area contributed by atoms with Crippen LogP contribution in [-0.4, -0.2) is 22.6 Å². The first-order valence-electron chi connectivity index (χ1n) is 4.55. The monoisotopic (exact) mass is 205 g/mol. The topological polar surface area (TPSA) is 86.0 Å². The molecule has 1 aromatic rings. The van der Waals surface area contributed by atoms with Crippen LogP contribution in [0, 0.1) is 11.3 Å². The van der Waals surface area contributed by atoms with Crippen LogP contribution < -0.4 is 5.32 Å². The van der Waals surface area contributed by atoms with Crippen LogP contribution in [0.25, 0.3) is 0 Å². The molecule has 2 N–H and O–H groups in total. The van der Waals surface area contributed by atoms with Crippen molar-refractivity contribution in [2.24, 2.45) is 0 Å². The van der Waals surface area contributed by atoms with Crippen molar-refractivity contribution in [1.82, 2.24) is 4.98 Å². The van der Waals surface area contributed by atoms with Gasteiger partial charge in [-0.25, -0.2) is 4.98 Å². The fourth-order valence-electron chi connectivity index (χ4n) is 1.05. The average Bonchev–Trinajstić information content (AvgIpc) is 2.24. The quantitative estimate of drug-likeness (QED) is 0.706. The average molecular weight is 205 g/mol. The van der Waals surface area contributed by atoms with E-state index in [-0.39, 0.29) is 6.42 Å². The van der Waals surface area contributed by atoms with Gasteiger partial charge in [-0.15, -0.1) is 0 Å². The van der Waals surface area contributed by atoms with E-state index in [2.05, 4.69) is 10.3 Å². The molecular weight excluding hydrogens is 194 g/mol. The van der Waals surface area contributed by atoms with Gasteiger partial charge in [0.2, 0.25) is 0 Å². The van der Waals surface area contributed by atoms with Gasteiger partial charge in [0.15, 0.2) is 0 Å². The van der Waals surface area contributed by atoms with E-state index in [1.807, 2.05) is 6.07 Å². The van der Waals surface area contributed by atoms with Gasteiger partial charge < -0.3 is 10.4 Å². The predicted octanol–water partition coefficient (Wildman–Crippen LogP) is 1.23. The molecule has 0 spiro atoms. The Morgan fingerprint density at radius 1 is 1.60 bits per heavy atom. The molecule has 1 rings (SSSR count). The van der Waals surface area contributed by atoms with Crippen molar-refractivity contribution in [3.8, 4) is 6.07 Å². The summed E-state index contributed by atoms with van der Waals surface area (Å²) >= 11 is 0. The number of pyridine rings is 1. The van der Waals surface area contributed by atoms with Crippen molar-refractivity contribution in [2.45, 2.75) is 12.8 Å². The summed E-state index contributed by atoms with van der Waals surface area (Å²) < 4.78 is 0. The number of aliphatic carboxylic acids is 1. The van der Waals surface area contributed by atoms with Crippen molar-refractivity contribution in [3.05, 3.63) is 23.9 Å². The number of nitrogens with zero attached hydrogens (tertiary/aromatic N) is 2. The molecule has 1 heterocycles. The SMILES string of the molecule is N#Cc1cccc(NCCCC(=O)O)n1. The third-order valence-corrected chi connectivity index (χ3v) is 1.74. The van der Waals surface area contributed by atoms with Gasteiger partial charge in [-0.2, -0.15) is 5.26 Å². The first kappa shape index (κ1) is 11.0. The second-order valence-electron chi connectivity index (χ2n) is 2.94. The second-order valence-corrected chi connectivity index (χ2v) is 2.94. The van der Waals surface area contributed by atoms with Gasteiger partial charge in [0.1, 0.15) is 17.6 Å². The number of nitriles is 1. The van der Waals surface area contributed by atoms with E-state index in [0.29, 0.717) is 24.5 Å². The number of aromatic nitrogens is 1. The van der Waals surface area contributed by atoms with E-state index in [9.17, 15) is 4.79 Å². The molecule has 0 aliphatic heterocycles. The highest BCUT2D eigenvalue weighted by atomic mass is 16.4. The highest BCUT2D eigenvalue weighted by Crippen LogP contribution is 2.04. The molecule has 0 aromatic carbocycles. The minimum absolute atomic E-state index is 0.130. The fraction of sp³-hybridized carbons (Fsp3) is 0.300. The maximum Gasteiger partial charge on any atom is 0.303 e. The molecule has 0 radical (unpaired) electrons. The fourth-order valence-corrected chi connectivity index (χ4v) is 1.05. The van der Waals surface area contributed by atoms with Crippen LogP contribution in [-0.2, 0) is 4.79 Å². The smallest absolute Gasteiger partial charge is 0.303 e. The molecule has 0 unspecified atom stereocenters. The van der Waals surface area contributed by atoms with E-state index >= 15 is 0 Å². The molecule has 1 aromatic heterocycles. The van der Waals surface area contributed by atoms with E-state index in [1.165, 1.54) is 0 Å². The van der Waals surface area contributed by atoms with Crippen LogP contribution in [0.3, 0.4) is 0 Å². The zero-order chi connectivity index (χ0) is 11.1. The zero-order valence-electron chi connectivity index (χ0n) is 8.10. The molecule has 0 fully saturated rings. The molecule has 0 saturated carbocycles. The second kappa shape index (κ2) is 5.60. The predicted molar refractivity (Wildman–Crippen MR) is 54.3 cm³/mol. The summed E-state index contributed by atoms with van der Waals surface area (Å²) in [6.07, 6.45) is 0.665. The van der Waals surface area contributed by atoms with Gasteiger partial charge in [-0.3, -0.25) is 4.79 Å². The molecule has 0 aliphatic carbocycles. The molecule has 0 amide bonds. The molecule has 78 valence electrons. The number of carbonyl (C=O) groups is 1. The molecule has 0 aliphatic rings. The Morgan fingerprint density at radius 3 is 3.07 bits per heavy atom. The van der Waals surface area contributed by atoms with Gasteiger partial charge in [0.25, 0.3) is 0 Å². The first-order valence-corrected chi connectivity index (χ1v) is 4.55. The summed E-state index contributed by atoms with van der Waals surface area (Å²) in [5.74, 6) is -0.213. The summed E-state index contributed by atoms with van der Waals surface area (Å²) in [6.45, 7) is 0.536. The van der Waals surface area contributed by atoms with Crippen LogP contribution in [0.2, 0.25) is 0 Å². The summed E-state index contributed by atoms with van der Waals surface area (Å²) in [5, 5.41) is 19.9. The number of nitrogens with one attached hydrogen (secondary N) is 1. The van der Waals surface area contributed by atoms with Crippen molar-refractivity contribution < 1.29 is 9.90 Å². The zero-order valence-corrected chi connectivity index (χ0v) is 8.10. The summed E-state index contributed by atoms with van der Waals surface area (Å²) in [6, 6.07) is 7.01. The Kier molecular flexibility index (Phi) is 4.10. The summed E-state index contributed by atoms with van der Waals surface area (Å²) in [5.41, 5.74) is 0.346. The van der Waals surface area contributed by atoms with Gasteiger partial charge in [-0.05, 0) is 18.6 Å². The van der Waals surface area contributed by atoms with E-state index in [1.54, 1.807) is 18.2 Å². The third kappa shape index (κ3) is 4.09. The van der Waals surface area contributed by atoms with Gasteiger partial charge in [0, 0.05) is 13.0 Å². The van der Waals surface area contributed by atoms with Crippen LogP contribution in [0.5, 0.6) is 0 Å². The van der Waals surface area contributed by atoms with Crippen LogP contribution >= 0.6 is 0 Å². The van der Waals surface area contributed by atoms with Gasteiger partial charge in [0.05, 0.1) is 0 Å². The van der Waals surface area contributed by atoms with Crippen LogP contribution in [0.1, 0.15) is 18.5 Å². The first-order chi connectivity index (χ1) is 7.22. The van der Waals surface area contributed by atoms with Gasteiger partial charge in [-0.1, -0.05) is 6.07 Å². The lowest BCUT2D eigenvalue weighted by molar-refractivity contribution is -0.137. The molecule has 0 bridgehead atoms. The van der Waals surface area contributed by atoms with E-state index in [0.717, 1.165) is 0 Å². The number of hydrogen-bond acceptors (Lipinski definition) is 4. The minimum Gasteiger partial charge on any atom is -0.481 e. The number of anilines is 1. The lowest BCUT2D eigenvalue weighted by Gasteiger charge is -2.03. The number of carboxylic acid groups (broad SMARTS) is 1.